The minimum Gasteiger partial charge on any atom is -0.352 e. The van der Waals surface area contributed by atoms with E-state index in [1.54, 1.807) is 0 Å². The molecule has 3 heteroatoms. The molecule has 0 heterocycles. The predicted octanol–water partition coefficient (Wildman–Crippen LogP) is 1.81. The predicted molar refractivity (Wildman–Crippen MR) is 64.9 cm³/mol. The molecular formula is C13H24N2O. The smallest absolute Gasteiger partial charge is 0.240 e. The molecule has 0 aromatic heterocycles. The van der Waals surface area contributed by atoms with Crippen LogP contribution in [0.15, 0.2) is 0 Å². The van der Waals surface area contributed by atoms with Crippen LogP contribution >= 0.6 is 0 Å². The van der Waals surface area contributed by atoms with Crippen LogP contribution < -0.4 is 11.1 Å². The Hall–Kier alpha value is -0.570. The standard InChI is InChI=1S/C13H24N2O/c1-9-5-3-4-6-11(9)15-12(16)13(2,14)10-7-8-10/h9-11H,3-8,14H2,1-2H3,(H,15,16). The van der Waals surface area contributed by atoms with Crippen molar-refractivity contribution in [3.8, 4) is 0 Å². The maximum Gasteiger partial charge on any atom is 0.240 e. The lowest BCUT2D eigenvalue weighted by atomic mass is 9.85. The summed E-state index contributed by atoms with van der Waals surface area (Å²) in [7, 11) is 0. The number of carbonyl (C=O) groups excluding carboxylic acids is 1. The van der Waals surface area contributed by atoms with Gasteiger partial charge in [0.2, 0.25) is 5.91 Å². The molecule has 16 heavy (non-hydrogen) atoms. The Morgan fingerprint density at radius 1 is 1.25 bits per heavy atom. The summed E-state index contributed by atoms with van der Waals surface area (Å²) in [4.78, 5) is 12.1. The first kappa shape index (κ1) is 11.9. The van der Waals surface area contributed by atoms with Gasteiger partial charge in [0.25, 0.3) is 0 Å². The molecule has 2 fully saturated rings. The van der Waals surface area contributed by atoms with Gasteiger partial charge >= 0.3 is 0 Å². The summed E-state index contributed by atoms with van der Waals surface area (Å²) in [5.74, 6) is 1.08. The zero-order chi connectivity index (χ0) is 11.8. The van der Waals surface area contributed by atoms with E-state index in [1.807, 2.05) is 6.92 Å². The fourth-order valence-corrected chi connectivity index (χ4v) is 2.72. The number of hydrogen-bond donors (Lipinski definition) is 2. The zero-order valence-corrected chi connectivity index (χ0v) is 10.5. The fourth-order valence-electron chi connectivity index (χ4n) is 2.72. The van der Waals surface area contributed by atoms with Crippen molar-refractivity contribution in [1.82, 2.24) is 5.32 Å². The summed E-state index contributed by atoms with van der Waals surface area (Å²) in [5.41, 5.74) is 5.47. The van der Waals surface area contributed by atoms with Crippen LogP contribution in [0.5, 0.6) is 0 Å². The van der Waals surface area contributed by atoms with Crippen molar-refractivity contribution < 1.29 is 4.79 Å². The number of carbonyl (C=O) groups is 1. The summed E-state index contributed by atoms with van der Waals surface area (Å²) in [6, 6.07) is 0.350. The molecule has 0 aromatic carbocycles. The van der Waals surface area contributed by atoms with Crippen LogP contribution in [0, 0.1) is 11.8 Å². The Bertz CT molecular complexity index is 271. The van der Waals surface area contributed by atoms with Gasteiger partial charge in [-0.1, -0.05) is 19.8 Å². The van der Waals surface area contributed by atoms with Gasteiger partial charge in [0.1, 0.15) is 0 Å². The van der Waals surface area contributed by atoms with E-state index in [0.29, 0.717) is 17.9 Å². The normalized spacial score (nSPS) is 34.2. The van der Waals surface area contributed by atoms with Crippen molar-refractivity contribution in [3.05, 3.63) is 0 Å². The summed E-state index contributed by atoms with van der Waals surface area (Å²) < 4.78 is 0. The van der Waals surface area contributed by atoms with E-state index in [9.17, 15) is 4.79 Å². The second-order valence-electron chi connectivity index (χ2n) is 5.90. The first-order chi connectivity index (χ1) is 7.51. The van der Waals surface area contributed by atoms with E-state index in [1.165, 1.54) is 19.3 Å². The van der Waals surface area contributed by atoms with Crippen molar-refractivity contribution in [2.24, 2.45) is 17.6 Å². The molecule has 0 radical (unpaired) electrons. The second-order valence-corrected chi connectivity index (χ2v) is 5.90. The zero-order valence-electron chi connectivity index (χ0n) is 10.5. The third kappa shape index (κ3) is 2.40. The lowest BCUT2D eigenvalue weighted by Crippen LogP contribution is -2.57. The molecule has 3 atom stereocenters. The number of nitrogens with two attached hydrogens (primary N) is 1. The lowest BCUT2D eigenvalue weighted by Gasteiger charge is -2.33. The minimum absolute atomic E-state index is 0.0637. The Morgan fingerprint density at radius 3 is 2.44 bits per heavy atom. The van der Waals surface area contributed by atoms with Crippen molar-refractivity contribution >= 4 is 5.91 Å². The molecule has 3 unspecified atom stereocenters. The van der Waals surface area contributed by atoms with Gasteiger partial charge in [-0.3, -0.25) is 4.79 Å². The summed E-state index contributed by atoms with van der Waals surface area (Å²) in [6.07, 6.45) is 7.11. The van der Waals surface area contributed by atoms with Gasteiger partial charge in [-0.25, -0.2) is 0 Å². The number of amides is 1. The van der Waals surface area contributed by atoms with Crippen molar-refractivity contribution in [2.45, 2.75) is 64.0 Å². The Balaban J connectivity index is 1.90. The molecule has 2 aliphatic carbocycles. The highest BCUT2D eigenvalue weighted by molar-refractivity contribution is 5.86. The van der Waals surface area contributed by atoms with Crippen LogP contribution in [0.4, 0.5) is 0 Å². The molecule has 0 saturated heterocycles. The van der Waals surface area contributed by atoms with E-state index >= 15 is 0 Å². The SMILES string of the molecule is CC1CCCCC1NC(=O)C(C)(N)C1CC1. The molecule has 2 aliphatic rings. The fraction of sp³-hybridized carbons (Fsp3) is 0.923. The van der Waals surface area contributed by atoms with Gasteiger partial charge in [0.05, 0.1) is 5.54 Å². The first-order valence-electron chi connectivity index (χ1n) is 6.61. The molecule has 3 N–H and O–H groups in total. The van der Waals surface area contributed by atoms with Gasteiger partial charge in [0, 0.05) is 6.04 Å². The molecule has 0 spiro atoms. The Labute approximate surface area is 98.2 Å². The van der Waals surface area contributed by atoms with Gasteiger partial charge in [-0.15, -0.1) is 0 Å². The highest BCUT2D eigenvalue weighted by Gasteiger charge is 2.44. The molecule has 2 rings (SSSR count). The third-order valence-corrected chi connectivity index (χ3v) is 4.34. The van der Waals surface area contributed by atoms with Crippen LogP contribution in [0.2, 0.25) is 0 Å². The highest BCUT2D eigenvalue weighted by Crippen LogP contribution is 2.38. The van der Waals surface area contributed by atoms with Crippen LogP contribution in [0.3, 0.4) is 0 Å². The Morgan fingerprint density at radius 2 is 1.88 bits per heavy atom. The molecule has 0 aliphatic heterocycles. The van der Waals surface area contributed by atoms with Gasteiger partial charge in [0.15, 0.2) is 0 Å². The molecule has 2 saturated carbocycles. The molecule has 0 bridgehead atoms. The third-order valence-electron chi connectivity index (χ3n) is 4.34. The number of rotatable bonds is 3. The molecule has 1 amide bonds. The summed E-state index contributed by atoms with van der Waals surface area (Å²) >= 11 is 0. The Kier molecular flexibility index (Phi) is 3.24. The topological polar surface area (TPSA) is 55.1 Å². The van der Waals surface area contributed by atoms with E-state index < -0.39 is 5.54 Å². The monoisotopic (exact) mass is 224 g/mol. The average Bonchev–Trinajstić information content (AvgIpc) is 3.04. The van der Waals surface area contributed by atoms with Crippen molar-refractivity contribution in [3.63, 3.8) is 0 Å². The van der Waals surface area contributed by atoms with E-state index in [-0.39, 0.29) is 5.91 Å². The van der Waals surface area contributed by atoms with Crippen LogP contribution in [-0.4, -0.2) is 17.5 Å². The van der Waals surface area contributed by atoms with Crippen molar-refractivity contribution in [2.75, 3.05) is 0 Å². The molecule has 0 aromatic rings. The maximum absolute atomic E-state index is 12.1. The minimum atomic E-state index is -0.642. The quantitative estimate of drug-likeness (QED) is 0.768. The lowest BCUT2D eigenvalue weighted by molar-refractivity contribution is -0.127. The van der Waals surface area contributed by atoms with Gasteiger partial charge in [-0.05, 0) is 44.4 Å². The van der Waals surface area contributed by atoms with E-state index in [0.717, 1.165) is 19.3 Å². The highest BCUT2D eigenvalue weighted by atomic mass is 16.2. The molecule has 3 nitrogen and oxygen atoms in total. The van der Waals surface area contributed by atoms with E-state index in [2.05, 4.69) is 12.2 Å². The van der Waals surface area contributed by atoms with Crippen LogP contribution in [0.25, 0.3) is 0 Å². The number of nitrogens with one attached hydrogen (secondary N) is 1. The number of hydrogen-bond acceptors (Lipinski definition) is 2. The molecule has 92 valence electrons. The van der Waals surface area contributed by atoms with Crippen LogP contribution in [-0.2, 0) is 4.79 Å². The van der Waals surface area contributed by atoms with Crippen LogP contribution in [0.1, 0.15) is 52.4 Å². The first-order valence-corrected chi connectivity index (χ1v) is 6.61. The van der Waals surface area contributed by atoms with E-state index in [4.69, 9.17) is 5.73 Å². The molecular weight excluding hydrogens is 200 g/mol. The average molecular weight is 224 g/mol. The second kappa shape index (κ2) is 4.36. The van der Waals surface area contributed by atoms with Gasteiger partial charge in [-0.2, -0.15) is 0 Å². The van der Waals surface area contributed by atoms with Gasteiger partial charge < -0.3 is 11.1 Å². The van der Waals surface area contributed by atoms with Crippen molar-refractivity contribution in [1.29, 1.82) is 0 Å². The largest absolute Gasteiger partial charge is 0.352 e. The summed E-state index contributed by atoms with van der Waals surface area (Å²) in [5, 5.41) is 3.17. The maximum atomic E-state index is 12.1. The summed E-state index contributed by atoms with van der Waals surface area (Å²) in [6.45, 7) is 4.11.